The van der Waals surface area contributed by atoms with Gasteiger partial charge in [-0.3, -0.25) is 14.6 Å². The zero-order valence-corrected chi connectivity index (χ0v) is 8.36. The number of hydrogen-bond acceptors (Lipinski definition) is 3. The number of carboxylic acids is 1. The molecule has 0 atom stereocenters. The van der Waals surface area contributed by atoms with Crippen molar-refractivity contribution in [1.29, 1.82) is 0 Å². The molecular formula is C10H12N2O3. The van der Waals surface area contributed by atoms with Gasteiger partial charge in [-0.05, 0) is 18.1 Å². The first kappa shape index (κ1) is 11.2. The van der Waals surface area contributed by atoms with Gasteiger partial charge in [0.2, 0.25) is 5.91 Å². The van der Waals surface area contributed by atoms with Gasteiger partial charge in [-0.1, -0.05) is 0 Å². The molecule has 1 aromatic heterocycles. The van der Waals surface area contributed by atoms with E-state index < -0.39 is 5.97 Å². The average Bonchev–Trinajstić information content (AvgIpc) is 2.14. The number of aromatic nitrogens is 1. The fourth-order valence-corrected chi connectivity index (χ4v) is 1.15. The van der Waals surface area contributed by atoms with Gasteiger partial charge in [-0.15, -0.1) is 0 Å². The van der Waals surface area contributed by atoms with Crippen molar-refractivity contribution in [3.63, 3.8) is 0 Å². The van der Waals surface area contributed by atoms with Crippen LogP contribution < -0.4 is 5.32 Å². The fourth-order valence-electron chi connectivity index (χ4n) is 1.15. The molecule has 5 heteroatoms. The number of pyridine rings is 1. The van der Waals surface area contributed by atoms with E-state index in [2.05, 4.69) is 10.3 Å². The van der Waals surface area contributed by atoms with Crippen molar-refractivity contribution in [2.75, 3.05) is 5.32 Å². The molecule has 1 rings (SSSR count). The summed E-state index contributed by atoms with van der Waals surface area (Å²) in [5.74, 6) is -1.02. The number of carboxylic acid groups (broad SMARTS) is 1. The van der Waals surface area contributed by atoms with Crippen molar-refractivity contribution in [3.05, 3.63) is 24.0 Å². The Morgan fingerprint density at radius 2 is 2.20 bits per heavy atom. The Hall–Kier alpha value is -1.91. The van der Waals surface area contributed by atoms with Crippen LogP contribution in [-0.4, -0.2) is 22.0 Å². The summed E-state index contributed by atoms with van der Waals surface area (Å²) in [4.78, 5) is 25.0. The molecule has 0 saturated heterocycles. The first-order valence-corrected chi connectivity index (χ1v) is 4.51. The van der Waals surface area contributed by atoms with E-state index in [0.29, 0.717) is 12.1 Å². The van der Waals surface area contributed by atoms with E-state index in [9.17, 15) is 9.59 Å². The first-order valence-electron chi connectivity index (χ1n) is 4.51. The summed E-state index contributed by atoms with van der Waals surface area (Å²) in [6.07, 6.45) is 3.58. The largest absolute Gasteiger partial charge is 0.481 e. The molecule has 15 heavy (non-hydrogen) atoms. The standard InChI is InChI=1S/C10H12N2O3/c1-7(13)12-9-4-8(5-11-6-9)2-3-10(14)15/h4-6H,2-3H2,1H3,(H,12,13)(H,14,15). The number of aryl methyl sites for hydroxylation is 1. The number of carbonyl (C=O) groups excluding carboxylic acids is 1. The zero-order chi connectivity index (χ0) is 11.3. The minimum absolute atomic E-state index is 0.0607. The second kappa shape index (κ2) is 5.09. The third kappa shape index (κ3) is 4.21. The predicted molar refractivity (Wildman–Crippen MR) is 54.5 cm³/mol. The summed E-state index contributed by atoms with van der Waals surface area (Å²) in [5.41, 5.74) is 1.38. The number of hydrogen-bond donors (Lipinski definition) is 2. The van der Waals surface area contributed by atoms with Crippen LogP contribution in [-0.2, 0) is 16.0 Å². The Morgan fingerprint density at radius 1 is 1.47 bits per heavy atom. The summed E-state index contributed by atoms with van der Waals surface area (Å²) >= 11 is 0. The number of nitrogens with one attached hydrogen (secondary N) is 1. The number of rotatable bonds is 4. The third-order valence-electron chi connectivity index (χ3n) is 1.74. The maximum absolute atomic E-state index is 10.8. The van der Waals surface area contributed by atoms with Crippen LogP contribution in [0.2, 0.25) is 0 Å². The highest BCUT2D eigenvalue weighted by molar-refractivity contribution is 5.88. The summed E-state index contributed by atoms with van der Waals surface area (Å²) in [5, 5.41) is 11.1. The fraction of sp³-hybridized carbons (Fsp3) is 0.300. The van der Waals surface area contributed by atoms with Gasteiger partial charge in [0.05, 0.1) is 11.9 Å². The van der Waals surface area contributed by atoms with Gasteiger partial charge in [-0.25, -0.2) is 0 Å². The van der Waals surface area contributed by atoms with Crippen LogP contribution in [0.25, 0.3) is 0 Å². The SMILES string of the molecule is CC(=O)Nc1cncc(CCC(=O)O)c1. The van der Waals surface area contributed by atoms with Crippen LogP contribution in [0.3, 0.4) is 0 Å². The number of aliphatic carboxylic acids is 1. The van der Waals surface area contributed by atoms with E-state index in [-0.39, 0.29) is 12.3 Å². The lowest BCUT2D eigenvalue weighted by atomic mass is 10.1. The molecule has 0 aliphatic rings. The average molecular weight is 208 g/mol. The summed E-state index contributed by atoms with van der Waals surface area (Å²) in [6.45, 7) is 1.41. The predicted octanol–water partition coefficient (Wildman–Crippen LogP) is 1.06. The van der Waals surface area contributed by atoms with Crippen molar-refractivity contribution in [1.82, 2.24) is 4.98 Å². The van der Waals surface area contributed by atoms with Crippen LogP contribution in [0.15, 0.2) is 18.5 Å². The minimum atomic E-state index is -0.847. The molecule has 0 unspecified atom stereocenters. The maximum atomic E-state index is 10.8. The van der Waals surface area contributed by atoms with Crippen LogP contribution in [0.1, 0.15) is 18.9 Å². The lowest BCUT2D eigenvalue weighted by molar-refractivity contribution is -0.137. The molecule has 0 fully saturated rings. The molecule has 0 radical (unpaired) electrons. The molecule has 0 aromatic carbocycles. The molecule has 0 spiro atoms. The summed E-state index contributed by atoms with van der Waals surface area (Å²) < 4.78 is 0. The molecule has 1 heterocycles. The Kier molecular flexibility index (Phi) is 3.79. The highest BCUT2D eigenvalue weighted by Crippen LogP contribution is 2.09. The molecule has 1 aromatic rings. The monoisotopic (exact) mass is 208 g/mol. The van der Waals surface area contributed by atoms with E-state index in [1.54, 1.807) is 12.3 Å². The van der Waals surface area contributed by atoms with E-state index >= 15 is 0 Å². The van der Waals surface area contributed by atoms with Crippen LogP contribution >= 0.6 is 0 Å². The highest BCUT2D eigenvalue weighted by atomic mass is 16.4. The van der Waals surface area contributed by atoms with Crippen LogP contribution in [0.5, 0.6) is 0 Å². The number of nitrogens with zero attached hydrogens (tertiary/aromatic N) is 1. The lowest BCUT2D eigenvalue weighted by Crippen LogP contribution is -2.06. The molecule has 0 saturated carbocycles. The van der Waals surface area contributed by atoms with Crippen LogP contribution in [0.4, 0.5) is 5.69 Å². The second-order valence-electron chi connectivity index (χ2n) is 3.16. The van der Waals surface area contributed by atoms with E-state index in [1.165, 1.54) is 13.1 Å². The maximum Gasteiger partial charge on any atom is 0.303 e. The first-order chi connectivity index (χ1) is 7.08. The van der Waals surface area contributed by atoms with Gasteiger partial charge in [-0.2, -0.15) is 0 Å². The molecular weight excluding hydrogens is 196 g/mol. The molecule has 1 amide bonds. The van der Waals surface area contributed by atoms with Gasteiger partial charge in [0.15, 0.2) is 0 Å². The van der Waals surface area contributed by atoms with E-state index in [4.69, 9.17) is 5.11 Å². The Bertz CT molecular complexity index is 377. The highest BCUT2D eigenvalue weighted by Gasteiger charge is 2.01. The van der Waals surface area contributed by atoms with Crippen molar-refractivity contribution in [2.24, 2.45) is 0 Å². The quantitative estimate of drug-likeness (QED) is 0.775. The van der Waals surface area contributed by atoms with Gasteiger partial charge in [0, 0.05) is 19.5 Å². The molecule has 0 aliphatic heterocycles. The van der Waals surface area contributed by atoms with Crippen molar-refractivity contribution in [3.8, 4) is 0 Å². The van der Waals surface area contributed by atoms with Crippen molar-refractivity contribution in [2.45, 2.75) is 19.8 Å². The number of anilines is 1. The van der Waals surface area contributed by atoms with E-state index in [1.807, 2.05) is 0 Å². The lowest BCUT2D eigenvalue weighted by Gasteiger charge is -2.03. The van der Waals surface area contributed by atoms with Crippen LogP contribution in [0, 0.1) is 0 Å². The molecule has 2 N–H and O–H groups in total. The normalized spacial score (nSPS) is 9.67. The molecule has 0 bridgehead atoms. The summed E-state index contributed by atoms with van der Waals surface area (Å²) in [6, 6.07) is 1.72. The Balaban J connectivity index is 2.65. The topological polar surface area (TPSA) is 79.3 Å². The summed E-state index contributed by atoms with van der Waals surface area (Å²) in [7, 11) is 0. The Morgan fingerprint density at radius 3 is 2.80 bits per heavy atom. The Labute approximate surface area is 87.1 Å². The van der Waals surface area contributed by atoms with Crippen molar-refractivity contribution < 1.29 is 14.7 Å². The van der Waals surface area contributed by atoms with Gasteiger partial charge in [0.1, 0.15) is 0 Å². The third-order valence-corrected chi connectivity index (χ3v) is 1.74. The van der Waals surface area contributed by atoms with Gasteiger partial charge >= 0.3 is 5.97 Å². The zero-order valence-electron chi connectivity index (χ0n) is 8.36. The second-order valence-corrected chi connectivity index (χ2v) is 3.16. The number of amides is 1. The molecule has 0 aliphatic carbocycles. The van der Waals surface area contributed by atoms with Gasteiger partial charge in [0.25, 0.3) is 0 Å². The molecule has 80 valence electrons. The molecule has 5 nitrogen and oxygen atoms in total. The van der Waals surface area contributed by atoms with Gasteiger partial charge < -0.3 is 10.4 Å². The number of carbonyl (C=O) groups is 2. The van der Waals surface area contributed by atoms with Crippen molar-refractivity contribution >= 4 is 17.6 Å². The smallest absolute Gasteiger partial charge is 0.303 e. The van der Waals surface area contributed by atoms with E-state index in [0.717, 1.165) is 5.56 Å². The minimum Gasteiger partial charge on any atom is -0.481 e.